The van der Waals surface area contributed by atoms with Crippen molar-refractivity contribution in [2.24, 2.45) is 0 Å². The van der Waals surface area contributed by atoms with E-state index in [1.165, 1.54) is 53.4 Å². The molecule has 0 spiro atoms. The fourth-order valence-electron chi connectivity index (χ4n) is 4.84. The summed E-state index contributed by atoms with van der Waals surface area (Å²) in [6.07, 6.45) is 6.33. The third-order valence-corrected chi connectivity index (χ3v) is 6.05. The summed E-state index contributed by atoms with van der Waals surface area (Å²) in [4.78, 5) is 0. The van der Waals surface area contributed by atoms with Crippen LogP contribution >= 0.6 is 0 Å². The third-order valence-electron chi connectivity index (χ3n) is 6.05. The number of nitrogens with one attached hydrogen (secondary N) is 1. The van der Waals surface area contributed by atoms with Gasteiger partial charge in [-0.3, -0.25) is 0 Å². The molecule has 3 aromatic rings. The Bertz CT molecular complexity index is 917. The molecule has 1 unspecified atom stereocenters. The van der Waals surface area contributed by atoms with E-state index in [1.807, 2.05) is 0 Å². The first-order valence-corrected chi connectivity index (χ1v) is 9.76. The molecule has 2 aliphatic rings. The first kappa shape index (κ1) is 15.2. The van der Waals surface area contributed by atoms with E-state index in [9.17, 15) is 0 Å². The Balaban J connectivity index is 1.76. The number of rotatable bonds is 1. The molecule has 2 aliphatic heterocycles. The molecule has 128 valence electrons. The molecule has 5 rings (SSSR count). The number of aryl methyl sites for hydroxylation is 3. The molecule has 0 fully saturated rings. The quantitative estimate of drug-likeness (QED) is 0.671. The predicted octanol–water partition coefficient (Wildman–Crippen LogP) is 4.91. The van der Waals surface area contributed by atoms with Crippen molar-refractivity contribution in [1.29, 1.82) is 0 Å². The molecule has 1 N–H and O–H groups in total. The molecule has 0 radical (unpaired) electrons. The van der Waals surface area contributed by atoms with Crippen molar-refractivity contribution in [3.63, 3.8) is 0 Å². The van der Waals surface area contributed by atoms with Crippen LogP contribution in [0, 0.1) is 6.92 Å². The summed E-state index contributed by atoms with van der Waals surface area (Å²) < 4.78 is 2.66. The lowest BCUT2D eigenvalue weighted by Crippen LogP contribution is -2.32. The molecule has 1 atom stereocenters. The van der Waals surface area contributed by atoms with Crippen LogP contribution in [0.1, 0.15) is 53.3 Å². The van der Waals surface area contributed by atoms with E-state index < -0.39 is 0 Å². The van der Waals surface area contributed by atoms with Gasteiger partial charge in [0.1, 0.15) is 0 Å². The van der Waals surface area contributed by atoms with E-state index in [0.717, 1.165) is 19.5 Å². The molecule has 1 aromatic heterocycles. The molecule has 0 amide bonds. The van der Waals surface area contributed by atoms with Crippen LogP contribution < -0.4 is 5.32 Å². The second kappa shape index (κ2) is 6.03. The van der Waals surface area contributed by atoms with Crippen LogP contribution in [0.15, 0.2) is 42.5 Å². The highest BCUT2D eigenvalue weighted by molar-refractivity contribution is 5.89. The molecule has 0 aliphatic carbocycles. The number of aromatic nitrogens is 1. The van der Waals surface area contributed by atoms with Gasteiger partial charge in [-0.2, -0.15) is 0 Å². The number of hydrogen-bond acceptors (Lipinski definition) is 1. The zero-order valence-corrected chi connectivity index (χ0v) is 15.0. The second-order valence-corrected chi connectivity index (χ2v) is 7.69. The number of hydrogen-bond donors (Lipinski definition) is 1. The topological polar surface area (TPSA) is 17.0 Å². The maximum atomic E-state index is 3.81. The van der Waals surface area contributed by atoms with Crippen LogP contribution in [-0.4, -0.2) is 11.1 Å². The standard InChI is InChI=1S/C23H26N2/c1-16-9-11-17(12-10-16)21-23-20(13-14-24-21)19-8-5-7-18-6-3-2-4-15-25(23)22(18)19/h5,7-12,21,24H,2-4,6,13-15H2,1H3. The molecule has 0 saturated carbocycles. The second-order valence-electron chi connectivity index (χ2n) is 7.69. The largest absolute Gasteiger partial charge is 0.342 e. The van der Waals surface area contributed by atoms with E-state index in [2.05, 4.69) is 59.3 Å². The molecular formula is C23H26N2. The fourth-order valence-corrected chi connectivity index (χ4v) is 4.84. The highest BCUT2D eigenvalue weighted by Gasteiger charge is 2.29. The van der Waals surface area contributed by atoms with E-state index in [-0.39, 0.29) is 0 Å². The van der Waals surface area contributed by atoms with Crippen molar-refractivity contribution < 1.29 is 0 Å². The lowest BCUT2D eigenvalue weighted by Gasteiger charge is -2.28. The zero-order chi connectivity index (χ0) is 16.8. The van der Waals surface area contributed by atoms with Gasteiger partial charge in [-0.05, 0) is 49.3 Å². The monoisotopic (exact) mass is 330 g/mol. The van der Waals surface area contributed by atoms with Crippen LogP contribution in [0.5, 0.6) is 0 Å². The van der Waals surface area contributed by atoms with E-state index >= 15 is 0 Å². The minimum atomic E-state index is 0.323. The van der Waals surface area contributed by atoms with Crippen LogP contribution in [0.2, 0.25) is 0 Å². The Morgan fingerprint density at radius 1 is 0.960 bits per heavy atom. The van der Waals surface area contributed by atoms with Crippen molar-refractivity contribution in [2.75, 3.05) is 6.54 Å². The molecule has 3 heterocycles. The third kappa shape index (κ3) is 2.43. The Morgan fingerprint density at radius 2 is 1.84 bits per heavy atom. The van der Waals surface area contributed by atoms with Gasteiger partial charge in [0.15, 0.2) is 0 Å². The maximum absolute atomic E-state index is 3.81. The number of benzene rings is 2. The molecular weight excluding hydrogens is 304 g/mol. The summed E-state index contributed by atoms with van der Waals surface area (Å²) in [5.41, 5.74) is 8.91. The first-order chi connectivity index (χ1) is 12.3. The normalized spacial score (nSPS) is 20.1. The van der Waals surface area contributed by atoms with Gasteiger partial charge >= 0.3 is 0 Å². The number of fused-ring (bicyclic) bond motifs is 3. The van der Waals surface area contributed by atoms with Crippen LogP contribution in [0.4, 0.5) is 0 Å². The summed E-state index contributed by atoms with van der Waals surface area (Å²) in [5.74, 6) is 0. The smallest absolute Gasteiger partial charge is 0.0734 e. The summed E-state index contributed by atoms with van der Waals surface area (Å²) in [7, 11) is 0. The summed E-state index contributed by atoms with van der Waals surface area (Å²) in [5, 5.41) is 5.31. The zero-order valence-electron chi connectivity index (χ0n) is 15.0. The van der Waals surface area contributed by atoms with E-state index in [0.29, 0.717) is 6.04 Å². The van der Waals surface area contributed by atoms with Gasteiger partial charge in [0.25, 0.3) is 0 Å². The number of nitrogens with zero attached hydrogens (tertiary/aromatic N) is 1. The van der Waals surface area contributed by atoms with Crippen molar-refractivity contribution in [3.8, 4) is 0 Å². The van der Waals surface area contributed by atoms with Crippen molar-refractivity contribution in [2.45, 2.75) is 51.6 Å². The lowest BCUT2D eigenvalue weighted by molar-refractivity contribution is 0.503. The van der Waals surface area contributed by atoms with Gasteiger partial charge in [-0.25, -0.2) is 0 Å². The average Bonchev–Trinajstić information content (AvgIpc) is 2.94. The summed E-state index contributed by atoms with van der Waals surface area (Å²) >= 11 is 0. The lowest BCUT2D eigenvalue weighted by atomic mass is 9.93. The Hall–Kier alpha value is -2.06. The minimum absolute atomic E-state index is 0.323. The van der Waals surface area contributed by atoms with Gasteiger partial charge in [0, 0.05) is 24.2 Å². The van der Waals surface area contributed by atoms with Crippen molar-refractivity contribution in [3.05, 3.63) is 70.4 Å². The molecule has 2 aromatic carbocycles. The van der Waals surface area contributed by atoms with Gasteiger partial charge in [0.05, 0.1) is 11.6 Å². The number of para-hydroxylation sites is 1. The minimum Gasteiger partial charge on any atom is -0.342 e. The van der Waals surface area contributed by atoms with Gasteiger partial charge in [0.2, 0.25) is 0 Å². The summed E-state index contributed by atoms with van der Waals surface area (Å²) in [6, 6.07) is 16.4. The highest BCUT2D eigenvalue weighted by atomic mass is 15.1. The molecule has 2 nitrogen and oxygen atoms in total. The van der Waals surface area contributed by atoms with Crippen LogP contribution in [0.3, 0.4) is 0 Å². The SMILES string of the molecule is Cc1ccc(C2NCCc3c2n2c4c(cccc34)CCCCC2)cc1. The molecule has 2 heteroatoms. The highest BCUT2D eigenvalue weighted by Crippen LogP contribution is 2.39. The first-order valence-electron chi connectivity index (χ1n) is 9.76. The average molecular weight is 330 g/mol. The Morgan fingerprint density at radius 3 is 2.72 bits per heavy atom. The fraction of sp³-hybridized carbons (Fsp3) is 0.391. The Kier molecular flexibility index (Phi) is 3.67. The van der Waals surface area contributed by atoms with Gasteiger partial charge < -0.3 is 9.88 Å². The van der Waals surface area contributed by atoms with Gasteiger partial charge in [-0.15, -0.1) is 0 Å². The van der Waals surface area contributed by atoms with Crippen LogP contribution in [-0.2, 0) is 19.4 Å². The van der Waals surface area contributed by atoms with E-state index in [1.54, 1.807) is 11.1 Å². The molecule has 0 saturated heterocycles. The van der Waals surface area contributed by atoms with Crippen LogP contribution in [0.25, 0.3) is 10.9 Å². The Labute approximate surface area is 149 Å². The molecule has 25 heavy (non-hydrogen) atoms. The van der Waals surface area contributed by atoms with Crippen molar-refractivity contribution >= 4 is 10.9 Å². The predicted molar refractivity (Wildman–Crippen MR) is 104 cm³/mol. The van der Waals surface area contributed by atoms with Crippen molar-refractivity contribution in [1.82, 2.24) is 9.88 Å². The molecule has 0 bridgehead atoms. The maximum Gasteiger partial charge on any atom is 0.0734 e. The summed E-state index contributed by atoms with van der Waals surface area (Å²) in [6.45, 7) is 4.39. The van der Waals surface area contributed by atoms with Gasteiger partial charge in [-0.1, -0.05) is 54.4 Å². The van der Waals surface area contributed by atoms with E-state index in [4.69, 9.17) is 0 Å².